The first-order valence-electron chi connectivity index (χ1n) is 6.81. The molecule has 1 aliphatic heterocycles. The van der Waals surface area contributed by atoms with E-state index in [4.69, 9.17) is 11.6 Å². The lowest BCUT2D eigenvalue weighted by Crippen LogP contribution is -2.45. The zero-order valence-corrected chi connectivity index (χ0v) is 14.2. The molecule has 0 bridgehead atoms. The van der Waals surface area contributed by atoms with Gasteiger partial charge in [-0.05, 0) is 12.1 Å². The molecule has 1 aromatic carbocycles. The number of aromatic nitrogens is 1. The summed E-state index contributed by atoms with van der Waals surface area (Å²) >= 11 is 7.19. The summed E-state index contributed by atoms with van der Waals surface area (Å²) in [5.74, 6) is -0.406. The summed E-state index contributed by atoms with van der Waals surface area (Å²) in [4.78, 5) is 3.31. The van der Waals surface area contributed by atoms with E-state index in [-0.39, 0.29) is 10.2 Å². The van der Waals surface area contributed by atoms with Gasteiger partial charge in [-0.2, -0.15) is 0 Å². The third-order valence-electron chi connectivity index (χ3n) is 3.41. The molecule has 0 amide bonds. The molecule has 3 rings (SSSR count). The van der Waals surface area contributed by atoms with Crippen LogP contribution in [0.1, 0.15) is 0 Å². The Hall–Kier alpha value is -1.42. The van der Waals surface area contributed by atoms with Crippen LogP contribution in [-0.2, 0) is 10.0 Å². The smallest absolute Gasteiger partial charge is 0.266 e. The van der Waals surface area contributed by atoms with Crippen LogP contribution in [-0.4, -0.2) is 33.0 Å². The number of thiazole rings is 1. The van der Waals surface area contributed by atoms with Gasteiger partial charge in [0.2, 0.25) is 0 Å². The molecule has 0 aliphatic carbocycles. The van der Waals surface area contributed by atoms with Crippen LogP contribution in [0, 0.1) is 11.7 Å². The fourth-order valence-corrected chi connectivity index (χ4v) is 4.23. The molecule has 0 unspecified atom stereocenters. The first-order valence-corrected chi connectivity index (χ1v) is 9.56. The lowest BCUT2D eigenvalue weighted by atomic mass is 10.0. The summed E-state index contributed by atoms with van der Waals surface area (Å²) in [6.45, 7) is 2.45. The summed E-state index contributed by atoms with van der Waals surface area (Å²) in [5, 5.41) is 8.11. The molecule has 2 aromatic rings. The van der Waals surface area contributed by atoms with Crippen molar-refractivity contribution in [3.63, 3.8) is 0 Å². The minimum absolute atomic E-state index is 0.151. The van der Waals surface area contributed by atoms with Crippen LogP contribution in [0.3, 0.4) is 0 Å². The van der Waals surface area contributed by atoms with Crippen molar-refractivity contribution in [3.05, 3.63) is 34.5 Å². The van der Waals surface area contributed by atoms with Crippen molar-refractivity contribution < 1.29 is 12.8 Å². The third-order valence-corrected chi connectivity index (χ3v) is 5.90. The predicted octanol–water partition coefficient (Wildman–Crippen LogP) is 2.37. The largest absolute Gasteiger partial charge is 0.383 e. The molecule has 10 heteroatoms. The fraction of sp³-hybridized carbons (Fsp3) is 0.308. The van der Waals surface area contributed by atoms with Crippen LogP contribution >= 0.6 is 22.9 Å². The fourth-order valence-electron chi connectivity index (χ4n) is 2.06. The Morgan fingerprint density at radius 1 is 1.43 bits per heavy atom. The van der Waals surface area contributed by atoms with Crippen molar-refractivity contribution >= 4 is 43.8 Å². The SMILES string of the molecule is O=S(=O)(Nc1nccs1)c1cc(Cl)c(NCC2CNC2)cc1F. The molecule has 3 N–H and O–H groups in total. The van der Waals surface area contributed by atoms with Crippen LogP contribution in [0.15, 0.2) is 28.6 Å². The van der Waals surface area contributed by atoms with Crippen molar-refractivity contribution in [2.24, 2.45) is 5.92 Å². The number of rotatable bonds is 6. The van der Waals surface area contributed by atoms with Crippen molar-refractivity contribution in [2.75, 3.05) is 29.7 Å². The Morgan fingerprint density at radius 2 is 2.22 bits per heavy atom. The minimum Gasteiger partial charge on any atom is -0.383 e. The molecule has 1 aliphatic rings. The highest BCUT2D eigenvalue weighted by atomic mass is 35.5. The zero-order valence-electron chi connectivity index (χ0n) is 11.8. The Bertz CT molecular complexity index is 795. The van der Waals surface area contributed by atoms with Gasteiger partial charge in [0.15, 0.2) is 5.13 Å². The average Bonchev–Trinajstić information content (AvgIpc) is 2.92. The Morgan fingerprint density at radius 3 is 2.83 bits per heavy atom. The van der Waals surface area contributed by atoms with Crippen molar-refractivity contribution in [1.29, 1.82) is 0 Å². The molecule has 0 atom stereocenters. The van der Waals surface area contributed by atoms with E-state index < -0.39 is 20.7 Å². The van der Waals surface area contributed by atoms with E-state index in [0.29, 0.717) is 18.2 Å². The standard InChI is InChI=1S/C13H14ClFN4O2S2/c14-9-3-12(23(20,21)19-13-17-1-2-22-13)10(15)4-11(9)18-7-8-5-16-6-8/h1-4,8,16,18H,5-7H2,(H,17,19). The van der Waals surface area contributed by atoms with Crippen LogP contribution in [0.2, 0.25) is 5.02 Å². The van der Waals surface area contributed by atoms with E-state index in [2.05, 4.69) is 20.3 Å². The molecular weight excluding hydrogens is 363 g/mol. The number of sulfonamides is 1. The van der Waals surface area contributed by atoms with E-state index in [1.54, 1.807) is 5.38 Å². The first-order chi connectivity index (χ1) is 11.0. The van der Waals surface area contributed by atoms with E-state index in [1.807, 2.05) is 0 Å². The predicted molar refractivity (Wildman–Crippen MR) is 89.2 cm³/mol. The van der Waals surface area contributed by atoms with Crippen LogP contribution in [0.25, 0.3) is 0 Å². The van der Waals surface area contributed by atoms with Gasteiger partial charge in [0.1, 0.15) is 10.7 Å². The number of anilines is 2. The second-order valence-electron chi connectivity index (χ2n) is 5.11. The molecule has 0 spiro atoms. The number of nitrogens with one attached hydrogen (secondary N) is 3. The third kappa shape index (κ3) is 3.74. The van der Waals surface area contributed by atoms with E-state index in [9.17, 15) is 12.8 Å². The zero-order chi connectivity index (χ0) is 16.4. The quantitative estimate of drug-likeness (QED) is 0.721. The monoisotopic (exact) mass is 376 g/mol. The van der Waals surface area contributed by atoms with Gasteiger partial charge in [-0.25, -0.2) is 17.8 Å². The lowest BCUT2D eigenvalue weighted by molar-refractivity contribution is 0.365. The van der Waals surface area contributed by atoms with Crippen molar-refractivity contribution in [2.45, 2.75) is 4.90 Å². The Labute approximate surface area is 142 Å². The molecular formula is C13H14ClFN4O2S2. The summed E-state index contributed by atoms with van der Waals surface area (Å²) in [7, 11) is -4.08. The number of nitrogens with zero attached hydrogens (tertiary/aromatic N) is 1. The highest BCUT2D eigenvalue weighted by molar-refractivity contribution is 7.93. The van der Waals surface area contributed by atoms with Crippen LogP contribution < -0.4 is 15.4 Å². The number of hydrogen-bond acceptors (Lipinski definition) is 6. The van der Waals surface area contributed by atoms with Gasteiger partial charge >= 0.3 is 0 Å². The second-order valence-corrected chi connectivity index (χ2v) is 8.06. The molecule has 0 saturated carbocycles. The lowest BCUT2D eigenvalue weighted by Gasteiger charge is -2.27. The molecule has 23 heavy (non-hydrogen) atoms. The maximum Gasteiger partial charge on any atom is 0.266 e. The molecule has 1 aromatic heterocycles. The average molecular weight is 377 g/mol. The number of halogens is 2. The molecule has 0 radical (unpaired) electrons. The van der Waals surface area contributed by atoms with Gasteiger partial charge in [0.25, 0.3) is 10.0 Å². The summed E-state index contributed by atoms with van der Waals surface area (Å²) < 4.78 is 40.9. The van der Waals surface area contributed by atoms with Gasteiger partial charge in [-0.1, -0.05) is 11.6 Å². The van der Waals surface area contributed by atoms with E-state index in [1.165, 1.54) is 6.20 Å². The van der Waals surface area contributed by atoms with Gasteiger partial charge < -0.3 is 10.6 Å². The maximum absolute atomic E-state index is 14.2. The highest BCUT2D eigenvalue weighted by Gasteiger charge is 2.23. The number of hydrogen-bond donors (Lipinski definition) is 3. The normalized spacial score (nSPS) is 15.2. The second kappa shape index (κ2) is 6.60. The molecule has 1 saturated heterocycles. The van der Waals surface area contributed by atoms with Gasteiger partial charge in [0.05, 0.1) is 10.7 Å². The molecule has 1 fully saturated rings. The van der Waals surface area contributed by atoms with Gasteiger partial charge in [0, 0.05) is 37.1 Å². The maximum atomic E-state index is 14.2. The highest BCUT2D eigenvalue weighted by Crippen LogP contribution is 2.29. The topological polar surface area (TPSA) is 83.1 Å². The van der Waals surface area contributed by atoms with Gasteiger partial charge in [-0.15, -0.1) is 11.3 Å². The van der Waals surface area contributed by atoms with E-state index >= 15 is 0 Å². The Balaban J connectivity index is 1.80. The van der Waals surface area contributed by atoms with Crippen molar-refractivity contribution in [1.82, 2.24) is 10.3 Å². The molecule has 6 nitrogen and oxygen atoms in total. The van der Waals surface area contributed by atoms with Crippen LogP contribution in [0.4, 0.5) is 15.2 Å². The summed E-state index contributed by atoms with van der Waals surface area (Å²) in [5.41, 5.74) is 0.379. The molecule has 124 valence electrons. The summed E-state index contributed by atoms with van der Waals surface area (Å²) in [6.07, 6.45) is 1.45. The van der Waals surface area contributed by atoms with Gasteiger partial charge in [-0.3, -0.25) is 4.72 Å². The summed E-state index contributed by atoms with van der Waals surface area (Å²) in [6, 6.07) is 2.21. The van der Waals surface area contributed by atoms with Crippen molar-refractivity contribution in [3.8, 4) is 0 Å². The first kappa shape index (κ1) is 16.4. The number of benzene rings is 1. The Kier molecular flexibility index (Phi) is 4.72. The minimum atomic E-state index is -4.08. The van der Waals surface area contributed by atoms with Crippen LogP contribution in [0.5, 0.6) is 0 Å². The van der Waals surface area contributed by atoms with E-state index in [0.717, 1.165) is 36.6 Å². The molecule has 2 heterocycles.